The van der Waals surface area contributed by atoms with Crippen LogP contribution in [0, 0.1) is 18.3 Å². The van der Waals surface area contributed by atoms with E-state index in [1.807, 2.05) is 0 Å². The highest BCUT2D eigenvalue weighted by atomic mass is 32.2. The van der Waals surface area contributed by atoms with E-state index in [1.165, 1.54) is 11.1 Å². The average molecular weight is 240 g/mol. The van der Waals surface area contributed by atoms with Crippen LogP contribution in [-0.4, -0.2) is 4.98 Å². The maximum atomic E-state index is 8.97. The summed E-state index contributed by atoms with van der Waals surface area (Å²) in [5, 5.41) is 8.97. The van der Waals surface area contributed by atoms with Crippen molar-refractivity contribution in [2.24, 2.45) is 0 Å². The van der Waals surface area contributed by atoms with Crippen LogP contribution >= 0.6 is 11.8 Å². The van der Waals surface area contributed by atoms with Gasteiger partial charge in [-0.25, -0.2) is 0 Å². The van der Waals surface area contributed by atoms with Gasteiger partial charge in [0.2, 0.25) is 0 Å². The molecule has 0 aliphatic carbocycles. The van der Waals surface area contributed by atoms with Crippen LogP contribution in [-0.2, 0) is 5.75 Å². The lowest BCUT2D eigenvalue weighted by atomic mass is 10.2. The third-order valence-corrected chi connectivity index (χ3v) is 3.50. The minimum atomic E-state index is 0.692. The first-order chi connectivity index (χ1) is 8.29. The second-order valence-electron chi connectivity index (χ2n) is 3.76. The molecule has 2 aromatic rings. The SMILES string of the molecule is Cc1cccc(CSc2cnccc2C#N)c1. The summed E-state index contributed by atoms with van der Waals surface area (Å²) in [5.74, 6) is 0.863. The van der Waals surface area contributed by atoms with Crippen molar-refractivity contribution >= 4 is 11.8 Å². The van der Waals surface area contributed by atoms with E-state index in [0.717, 1.165) is 10.6 Å². The van der Waals surface area contributed by atoms with Crippen molar-refractivity contribution in [3.8, 4) is 6.07 Å². The van der Waals surface area contributed by atoms with Gasteiger partial charge < -0.3 is 0 Å². The Kier molecular flexibility index (Phi) is 3.79. The van der Waals surface area contributed by atoms with Crippen LogP contribution in [0.15, 0.2) is 47.6 Å². The van der Waals surface area contributed by atoms with Gasteiger partial charge in [-0.15, -0.1) is 11.8 Å². The molecule has 0 bridgehead atoms. The first-order valence-electron chi connectivity index (χ1n) is 5.32. The molecule has 0 amide bonds. The van der Waals surface area contributed by atoms with Gasteiger partial charge in [0.05, 0.1) is 5.56 Å². The van der Waals surface area contributed by atoms with E-state index >= 15 is 0 Å². The molecule has 17 heavy (non-hydrogen) atoms. The third-order valence-electron chi connectivity index (χ3n) is 2.38. The van der Waals surface area contributed by atoms with Crippen LogP contribution in [0.5, 0.6) is 0 Å². The summed E-state index contributed by atoms with van der Waals surface area (Å²) in [6.45, 7) is 2.08. The molecule has 0 fully saturated rings. The van der Waals surface area contributed by atoms with Crippen molar-refractivity contribution in [2.75, 3.05) is 0 Å². The first kappa shape index (κ1) is 11.7. The fraction of sp³-hybridized carbons (Fsp3) is 0.143. The van der Waals surface area contributed by atoms with Crippen molar-refractivity contribution in [3.63, 3.8) is 0 Å². The Morgan fingerprint density at radius 3 is 3.00 bits per heavy atom. The van der Waals surface area contributed by atoms with Crippen molar-refractivity contribution in [3.05, 3.63) is 59.4 Å². The van der Waals surface area contributed by atoms with Crippen molar-refractivity contribution in [1.82, 2.24) is 4.98 Å². The molecule has 0 spiro atoms. The molecule has 0 N–H and O–H groups in total. The molecule has 1 heterocycles. The predicted molar refractivity (Wildman–Crippen MR) is 69.7 cm³/mol. The fourth-order valence-corrected chi connectivity index (χ4v) is 2.46. The van der Waals surface area contributed by atoms with Gasteiger partial charge in [0.15, 0.2) is 0 Å². The molecule has 84 valence electrons. The molecule has 0 radical (unpaired) electrons. The molecule has 0 saturated heterocycles. The van der Waals surface area contributed by atoms with Crippen LogP contribution < -0.4 is 0 Å². The Labute approximate surface area is 105 Å². The summed E-state index contributed by atoms with van der Waals surface area (Å²) in [6, 6.07) is 12.3. The smallest absolute Gasteiger partial charge is 0.100 e. The van der Waals surface area contributed by atoms with Crippen LogP contribution in [0.3, 0.4) is 0 Å². The van der Waals surface area contributed by atoms with E-state index in [4.69, 9.17) is 5.26 Å². The molecule has 1 aromatic heterocycles. The van der Waals surface area contributed by atoms with E-state index in [2.05, 4.69) is 42.2 Å². The summed E-state index contributed by atoms with van der Waals surface area (Å²) in [7, 11) is 0. The van der Waals surface area contributed by atoms with E-state index in [-0.39, 0.29) is 0 Å². The Hall–Kier alpha value is -1.79. The van der Waals surface area contributed by atoms with Gasteiger partial charge in [-0.05, 0) is 18.6 Å². The summed E-state index contributed by atoms with van der Waals surface area (Å²) in [4.78, 5) is 4.99. The van der Waals surface area contributed by atoms with Crippen LogP contribution in [0.2, 0.25) is 0 Å². The van der Waals surface area contributed by atoms with Crippen LogP contribution in [0.25, 0.3) is 0 Å². The van der Waals surface area contributed by atoms with Crippen LogP contribution in [0.1, 0.15) is 16.7 Å². The highest BCUT2D eigenvalue weighted by molar-refractivity contribution is 7.98. The molecular formula is C14H12N2S. The van der Waals surface area contributed by atoms with Gasteiger partial charge in [-0.1, -0.05) is 29.8 Å². The summed E-state index contributed by atoms with van der Waals surface area (Å²) in [6.07, 6.45) is 3.40. The lowest BCUT2D eigenvalue weighted by Crippen LogP contribution is -1.86. The largest absolute Gasteiger partial charge is 0.263 e. The Balaban J connectivity index is 2.10. The average Bonchev–Trinajstić information content (AvgIpc) is 2.37. The quantitative estimate of drug-likeness (QED) is 0.770. The van der Waals surface area contributed by atoms with Gasteiger partial charge in [-0.2, -0.15) is 5.26 Å². The lowest BCUT2D eigenvalue weighted by molar-refractivity contribution is 1.21. The maximum Gasteiger partial charge on any atom is 0.100 e. The van der Waals surface area contributed by atoms with Crippen molar-refractivity contribution < 1.29 is 0 Å². The minimum Gasteiger partial charge on any atom is -0.263 e. The van der Waals surface area contributed by atoms with E-state index in [0.29, 0.717) is 5.56 Å². The zero-order valence-electron chi connectivity index (χ0n) is 9.55. The van der Waals surface area contributed by atoms with Crippen molar-refractivity contribution in [1.29, 1.82) is 5.26 Å². The number of hydrogen-bond donors (Lipinski definition) is 0. The number of hydrogen-bond acceptors (Lipinski definition) is 3. The molecule has 0 atom stereocenters. The number of pyridine rings is 1. The van der Waals surface area contributed by atoms with Crippen molar-refractivity contribution in [2.45, 2.75) is 17.6 Å². The molecule has 0 aliphatic rings. The monoisotopic (exact) mass is 240 g/mol. The van der Waals surface area contributed by atoms with Gasteiger partial charge in [0.25, 0.3) is 0 Å². The Morgan fingerprint density at radius 2 is 2.24 bits per heavy atom. The number of nitrogens with zero attached hydrogens (tertiary/aromatic N) is 2. The molecule has 2 nitrogen and oxygen atoms in total. The number of benzene rings is 1. The second kappa shape index (κ2) is 5.51. The van der Waals surface area contributed by atoms with E-state index in [1.54, 1.807) is 30.2 Å². The van der Waals surface area contributed by atoms with Gasteiger partial charge in [-0.3, -0.25) is 4.98 Å². The zero-order chi connectivity index (χ0) is 12.1. The number of nitriles is 1. The molecular weight excluding hydrogens is 228 g/mol. The normalized spacial score (nSPS) is 9.88. The highest BCUT2D eigenvalue weighted by Crippen LogP contribution is 2.25. The summed E-state index contributed by atoms with van der Waals surface area (Å²) >= 11 is 1.65. The first-order valence-corrected chi connectivity index (χ1v) is 6.30. The number of thioether (sulfide) groups is 1. The summed E-state index contributed by atoms with van der Waals surface area (Å²) < 4.78 is 0. The highest BCUT2D eigenvalue weighted by Gasteiger charge is 2.02. The predicted octanol–water partition coefficient (Wildman–Crippen LogP) is 3.55. The molecule has 3 heteroatoms. The third kappa shape index (κ3) is 3.08. The minimum absolute atomic E-state index is 0.692. The standard InChI is InChI=1S/C14H12N2S/c1-11-3-2-4-12(7-11)10-17-14-9-16-6-5-13(14)8-15/h2-7,9H,10H2,1H3. The van der Waals surface area contributed by atoms with Gasteiger partial charge in [0.1, 0.15) is 6.07 Å². The topological polar surface area (TPSA) is 36.7 Å². The lowest BCUT2D eigenvalue weighted by Gasteiger charge is -2.04. The molecule has 1 aromatic carbocycles. The second-order valence-corrected chi connectivity index (χ2v) is 4.78. The Bertz CT molecular complexity index is 558. The Morgan fingerprint density at radius 1 is 1.35 bits per heavy atom. The number of aromatic nitrogens is 1. The van der Waals surface area contributed by atoms with Crippen LogP contribution in [0.4, 0.5) is 0 Å². The van der Waals surface area contributed by atoms with Gasteiger partial charge >= 0.3 is 0 Å². The van der Waals surface area contributed by atoms with E-state index in [9.17, 15) is 0 Å². The number of aryl methyl sites for hydroxylation is 1. The molecule has 0 aliphatic heterocycles. The number of rotatable bonds is 3. The molecule has 0 saturated carbocycles. The zero-order valence-corrected chi connectivity index (χ0v) is 10.4. The molecule has 2 rings (SSSR count). The van der Waals surface area contributed by atoms with Gasteiger partial charge in [0, 0.05) is 23.0 Å². The van der Waals surface area contributed by atoms with E-state index < -0.39 is 0 Å². The summed E-state index contributed by atoms with van der Waals surface area (Å²) in [5.41, 5.74) is 3.22. The fourth-order valence-electron chi connectivity index (χ4n) is 1.55. The molecule has 0 unspecified atom stereocenters. The maximum absolute atomic E-state index is 8.97.